The van der Waals surface area contributed by atoms with Gasteiger partial charge in [-0.1, -0.05) is 25.0 Å². The van der Waals surface area contributed by atoms with Gasteiger partial charge in [-0.05, 0) is 50.1 Å². The zero-order chi connectivity index (χ0) is 14.3. The van der Waals surface area contributed by atoms with Crippen molar-refractivity contribution in [3.63, 3.8) is 0 Å². The summed E-state index contributed by atoms with van der Waals surface area (Å²) in [6, 6.07) is 0. The van der Waals surface area contributed by atoms with Gasteiger partial charge in [-0.15, -0.1) is 22.4 Å². The molecule has 0 aromatic heterocycles. The Kier molecular flexibility index (Phi) is 4.62. The average molecular weight is 383 g/mol. The van der Waals surface area contributed by atoms with Gasteiger partial charge < -0.3 is 9.61 Å². The number of rotatable bonds is 4. The molecule has 0 aromatic rings. The van der Waals surface area contributed by atoms with E-state index in [2.05, 4.69) is 35.2 Å². The highest BCUT2D eigenvalue weighted by atomic mass is 127. The molecule has 108 valence electrons. The zero-order valence-corrected chi connectivity index (χ0v) is 15.1. The van der Waals surface area contributed by atoms with Crippen LogP contribution in [0.1, 0.15) is 38.5 Å². The molecule has 3 aliphatic rings. The van der Waals surface area contributed by atoms with Crippen molar-refractivity contribution in [1.29, 1.82) is 0 Å². The third-order valence-corrected chi connectivity index (χ3v) is 7.84. The second kappa shape index (κ2) is 5.98. The summed E-state index contributed by atoms with van der Waals surface area (Å²) in [6.07, 6.45) is 9.55. The highest BCUT2D eigenvalue weighted by Gasteiger charge is 2.49. The number of hydrogen-bond donors (Lipinski definition) is 0. The Labute approximate surface area is 139 Å². The molecule has 20 heavy (non-hydrogen) atoms. The van der Waals surface area contributed by atoms with Gasteiger partial charge in [0.2, 0.25) is 4.57 Å². The van der Waals surface area contributed by atoms with E-state index in [9.17, 15) is 4.79 Å². The van der Waals surface area contributed by atoms with Crippen LogP contribution in [-0.4, -0.2) is 44.0 Å². The molecule has 0 unspecified atom stereocenters. The summed E-state index contributed by atoms with van der Waals surface area (Å²) in [5.74, 6) is 2.22. The van der Waals surface area contributed by atoms with Crippen molar-refractivity contribution < 1.29 is 4.79 Å². The fraction of sp³-hybridized carbons (Fsp3) is 0.929. The zero-order valence-electron chi connectivity index (χ0n) is 12.9. The predicted molar refractivity (Wildman–Crippen MR) is 99.1 cm³/mol. The SMILES string of the molecule is BC(=O)C1CC(CB(I)C2CC3(CCN(B)CC3)C2)C1. The van der Waals surface area contributed by atoms with Crippen LogP contribution in [0.3, 0.4) is 0 Å². The van der Waals surface area contributed by atoms with Crippen molar-refractivity contribution in [2.45, 2.75) is 50.7 Å². The molecule has 1 saturated heterocycles. The van der Waals surface area contributed by atoms with Crippen molar-refractivity contribution >= 4 is 48.5 Å². The van der Waals surface area contributed by atoms with Crippen molar-refractivity contribution in [2.24, 2.45) is 17.3 Å². The maximum Gasteiger partial charge on any atom is 0.221 e. The van der Waals surface area contributed by atoms with Crippen molar-refractivity contribution in [3.05, 3.63) is 0 Å². The summed E-state index contributed by atoms with van der Waals surface area (Å²) in [7, 11) is 4.02. The normalized spacial score (nSPS) is 33.5. The van der Waals surface area contributed by atoms with E-state index >= 15 is 0 Å². The topological polar surface area (TPSA) is 20.3 Å². The minimum atomic E-state index is 0.408. The summed E-state index contributed by atoms with van der Waals surface area (Å²) < 4.78 is 0.857. The second-order valence-corrected chi connectivity index (χ2v) is 9.47. The molecule has 1 aliphatic heterocycles. The molecule has 0 aromatic carbocycles. The van der Waals surface area contributed by atoms with E-state index in [1.54, 1.807) is 7.85 Å². The summed E-state index contributed by atoms with van der Waals surface area (Å²) in [6.45, 7) is 2.61. The first-order chi connectivity index (χ1) is 9.47. The Morgan fingerprint density at radius 2 is 1.90 bits per heavy atom. The van der Waals surface area contributed by atoms with Gasteiger partial charge in [-0.25, -0.2) is 0 Å². The maximum absolute atomic E-state index is 11.3. The van der Waals surface area contributed by atoms with E-state index in [4.69, 9.17) is 0 Å². The van der Waals surface area contributed by atoms with E-state index in [-0.39, 0.29) is 0 Å². The van der Waals surface area contributed by atoms with Gasteiger partial charge in [0.15, 0.2) is 15.8 Å². The predicted octanol–water partition coefficient (Wildman–Crippen LogP) is 1.39. The van der Waals surface area contributed by atoms with Crippen LogP contribution in [0.2, 0.25) is 12.1 Å². The second-order valence-electron chi connectivity index (χ2n) is 7.87. The van der Waals surface area contributed by atoms with Gasteiger partial charge in [-0.2, -0.15) is 0 Å². The molecule has 1 spiro atoms. The molecular weight excluding hydrogens is 358 g/mol. The minimum absolute atomic E-state index is 0.408. The Balaban J connectivity index is 1.38. The number of carbonyl (C=O) groups excluding carboxylic acids is 1. The molecule has 2 aliphatic carbocycles. The highest BCUT2D eigenvalue weighted by molar-refractivity contribution is 14.1. The van der Waals surface area contributed by atoms with Crippen molar-refractivity contribution in [1.82, 2.24) is 4.81 Å². The highest BCUT2D eigenvalue weighted by Crippen LogP contribution is 2.58. The number of nitrogens with zero attached hydrogens (tertiary/aromatic N) is 1. The lowest BCUT2D eigenvalue weighted by Gasteiger charge is -2.53. The fourth-order valence-electron chi connectivity index (χ4n) is 4.58. The van der Waals surface area contributed by atoms with Crippen LogP contribution < -0.4 is 0 Å². The lowest BCUT2D eigenvalue weighted by Crippen LogP contribution is -2.47. The van der Waals surface area contributed by atoms with Crippen LogP contribution in [-0.2, 0) is 4.79 Å². The van der Waals surface area contributed by atoms with Gasteiger partial charge in [0.05, 0.1) is 5.68 Å². The summed E-state index contributed by atoms with van der Waals surface area (Å²) in [4.78, 5) is 13.8. The Morgan fingerprint density at radius 3 is 2.45 bits per heavy atom. The summed E-state index contributed by atoms with van der Waals surface area (Å²) in [5.41, 5.74) is 1.14. The van der Waals surface area contributed by atoms with E-state index < -0.39 is 0 Å². The molecule has 0 bridgehead atoms. The van der Waals surface area contributed by atoms with E-state index in [1.165, 1.54) is 57.9 Å². The quantitative estimate of drug-likeness (QED) is 0.541. The van der Waals surface area contributed by atoms with Crippen molar-refractivity contribution in [3.8, 4) is 0 Å². The number of halogens is 1. The molecule has 2 saturated carbocycles. The Bertz CT molecular complexity index is 373. The average Bonchev–Trinajstić information content (AvgIpc) is 2.31. The molecule has 6 heteroatoms. The first kappa shape index (κ1) is 15.5. The van der Waals surface area contributed by atoms with Crippen molar-refractivity contribution in [2.75, 3.05) is 13.1 Å². The van der Waals surface area contributed by atoms with Crippen LogP contribution in [0.25, 0.3) is 0 Å². The molecule has 0 N–H and O–H groups in total. The van der Waals surface area contributed by atoms with Crippen LogP contribution in [0, 0.1) is 17.3 Å². The van der Waals surface area contributed by atoms with E-state index in [0.29, 0.717) is 11.6 Å². The largest absolute Gasteiger partial charge is 0.349 e. The van der Waals surface area contributed by atoms with Gasteiger partial charge in [0.25, 0.3) is 0 Å². The van der Waals surface area contributed by atoms with Crippen LogP contribution in [0.15, 0.2) is 0 Å². The molecule has 1 heterocycles. The maximum atomic E-state index is 11.3. The summed E-state index contributed by atoms with van der Waals surface area (Å²) >= 11 is 2.70. The van der Waals surface area contributed by atoms with Gasteiger partial charge >= 0.3 is 0 Å². The molecular formula is C14H25B3INO. The van der Waals surface area contributed by atoms with Crippen LogP contribution in [0.5, 0.6) is 0 Å². The molecule has 0 atom stereocenters. The number of piperidine rings is 1. The minimum Gasteiger partial charge on any atom is -0.349 e. The fourth-order valence-corrected chi connectivity index (χ4v) is 5.81. The molecule has 3 rings (SSSR count). The van der Waals surface area contributed by atoms with E-state index in [1.807, 2.05) is 0 Å². The number of carbonyl (C=O) groups is 1. The first-order valence-electron chi connectivity index (χ1n) is 8.30. The smallest absolute Gasteiger partial charge is 0.221 e. The molecule has 0 radical (unpaired) electrons. The summed E-state index contributed by atoms with van der Waals surface area (Å²) in [5, 5.41) is 0. The van der Waals surface area contributed by atoms with Gasteiger partial charge in [-0.3, -0.25) is 0 Å². The third kappa shape index (κ3) is 3.16. The lowest BCUT2D eigenvalue weighted by molar-refractivity contribution is -0.118. The van der Waals surface area contributed by atoms with Gasteiger partial charge in [0, 0.05) is 5.92 Å². The lowest BCUT2D eigenvalue weighted by atomic mass is 9.41. The van der Waals surface area contributed by atoms with E-state index in [0.717, 1.165) is 21.7 Å². The standard InChI is InChI=1S/C14H25B3INO/c15-13(20)11-5-10(6-11)9-17(18)12-7-14(8-12)1-3-19(16)4-2-14/h10-12H,1-9,15-16H2. The molecule has 2 nitrogen and oxygen atoms in total. The van der Waals surface area contributed by atoms with Crippen LogP contribution >= 0.6 is 22.4 Å². The third-order valence-electron chi connectivity index (χ3n) is 6.32. The molecule has 0 amide bonds. The Morgan fingerprint density at radius 1 is 1.30 bits per heavy atom. The molecule has 3 fully saturated rings. The monoisotopic (exact) mass is 383 g/mol. The Hall–Kier alpha value is 0.555. The van der Waals surface area contributed by atoms with Crippen LogP contribution in [0.4, 0.5) is 0 Å². The van der Waals surface area contributed by atoms with Gasteiger partial charge in [0.1, 0.15) is 0 Å². The number of hydrogen-bond acceptors (Lipinski definition) is 2. The first-order valence-corrected chi connectivity index (χ1v) is 9.55.